The predicted molar refractivity (Wildman–Crippen MR) is 50.5 cm³/mol. The number of benzene rings is 1. The molecule has 1 aromatic heterocycles. The molecule has 0 radical (unpaired) electrons. The van der Waals surface area contributed by atoms with E-state index in [1.165, 1.54) is 0 Å². The van der Waals surface area contributed by atoms with E-state index >= 15 is 0 Å². The molecule has 3 nitrogen and oxygen atoms in total. The van der Waals surface area contributed by atoms with E-state index in [9.17, 15) is 0 Å². The van der Waals surface area contributed by atoms with Crippen LogP contribution in [0.1, 0.15) is 0 Å². The van der Waals surface area contributed by atoms with Crippen LogP contribution in [0.4, 0.5) is 5.95 Å². The molecule has 1 heterocycles. The molecule has 62 valence electrons. The smallest absolute Gasteiger partial charge is 0.198 e. The highest BCUT2D eigenvalue weighted by Gasteiger charge is 2.06. The fraction of sp³-hybridized carbons (Fsp3) is 0. The van der Waals surface area contributed by atoms with Crippen molar-refractivity contribution in [3.8, 4) is 0 Å². The molecule has 0 unspecified atom stereocenters. The fourth-order valence-corrected chi connectivity index (χ4v) is 1.45. The van der Waals surface area contributed by atoms with Crippen molar-refractivity contribution in [1.82, 2.24) is 9.97 Å². The average molecular weight is 202 g/mol. The van der Waals surface area contributed by atoms with Crippen LogP contribution in [0.5, 0.6) is 0 Å². The summed E-state index contributed by atoms with van der Waals surface area (Å²) >= 11 is 11.7. The summed E-state index contributed by atoms with van der Waals surface area (Å²) in [6.45, 7) is 0. The predicted octanol–water partition coefficient (Wildman–Crippen LogP) is 2.45. The quantitative estimate of drug-likeness (QED) is 0.689. The van der Waals surface area contributed by atoms with E-state index in [4.69, 9.17) is 28.9 Å². The van der Waals surface area contributed by atoms with Gasteiger partial charge in [0.2, 0.25) is 0 Å². The molecule has 0 saturated carbocycles. The maximum atomic E-state index is 5.86. The molecule has 0 aliphatic heterocycles. The van der Waals surface area contributed by atoms with Crippen molar-refractivity contribution in [2.24, 2.45) is 0 Å². The minimum atomic E-state index is 0.319. The number of nitrogens with two attached hydrogens (primary N) is 1. The van der Waals surface area contributed by atoms with Crippen LogP contribution < -0.4 is 5.73 Å². The number of aromatic amines is 1. The Bertz CT molecular complexity index is 396. The third-order valence-corrected chi connectivity index (χ3v) is 2.18. The SMILES string of the molecule is Nc1nc2c(Cl)ccc(Cl)c2[nH]1. The molecule has 0 amide bonds. The summed E-state index contributed by atoms with van der Waals surface area (Å²) in [5, 5.41) is 1.11. The van der Waals surface area contributed by atoms with Crippen molar-refractivity contribution in [2.75, 3.05) is 5.73 Å². The Balaban J connectivity index is 2.93. The highest BCUT2D eigenvalue weighted by atomic mass is 35.5. The molecule has 1 aromatic carbocycles. The molecular formula is C7H5Cl2N3. The zero-order valence-corrected chi connectivity index (χ0v) is 7.45. The third-order valence-electron chi connectivity index (χ3n) is 1.56. The maximum Gasteiger partial charge on any atom is 0.198 e. The van der Waals surface area contributed by atoms with Gasteiger partial charge in [0.15, 0.2) is 5.95 Å². The normalized spacial score (nSPS) is 10.8. The number of nitrogens with zero attached hydrogens (tertiary/aromatic N) is 1. The van der Waals surface area contributed by atoms with E-state index in [0.29, 0.717) is 27.0 Å². The van der Waals surface area contributed by atoms with Gasteiger partial charge < -0.3 is 10.7 Å². The topological polar surface area (TPSA) is 54.7 Å². The molecule has 0 spiro atoms. The minimum absolute atomic E-state index is 0.319. The number of nitrogen functional groups attached to an aromatic ring is 1. The van der Waals surface area contributed by atoms with Crippen LogP contribution in [0.3, 0.4) is 0 Å². The second-order valence-electron chi connectivity index (χ2n) is 2.37. The summed E-state index contributed by atoms with van der Waals surface area (Å²) in [4.78, 5) is 6.80. The van der Waals surface area contributed by atoms with Crippen molar-refractivity contribution in [3.05, 3.63) is 22.2 Å². The Labute approximate surface area is 78.5 Å². The van der Waals surface area contributed by atoms with Crippen LogP contribution in [-0.4, -0.2) is 9.97 Å². The maximum absolute atomic E-state index is 5.86. The summed E-state index contributed by atoms with van der Waals surface area (Å²) in [6.07, 6.45) is 0. The monoisotopic (exact) mass is 201 g/mol. The van der Waals surface area contributed by atoms with Crippen molar-refractivity contribution < 1.29 is 0 Å². The fourth-order valence-electron chi connectivity index (χ4n) is 1.05. The number of anilines is 1. The first-order valence-corrected chi connectivity index (χ1v) is 4.03. The highest BCUT2D eigenvalue weighted by molar-refractivity contribution is 6.39. The minimum Gasteiger partial charge on any atom is -0.369 e. The number of nitrogens with one attached hydrogen (secondary N) is 1. The Kier molecular flexibility index (Phi) is 1.63. The van der Waals surface area contributed by atoms with Gasteiger partial charge >= 0.3 is 0 Å². The van der Waals surface area contributed by atoms with Gasteiger partial charge in [0, 0.05) is 0 Å². The number of imidazole rings is 1. The van der Waals surface area contributed by atoms with Crippen LogP contribution in [0, 0.1) is 0 Å². The van der Waals surface area contributed by atoms with Gasteiger partial charge in [0.25, 0.3) is 0 Å². The summed E-state index contributed by atoms with van der Waals surface area (Å²) in [5.74, 6) is 0.319. The molecule has 0 fully saturated rings. The lowest BCUT2D eigenvalue weighted by molar-refractivity contribution is 1.35. The first-order chi connectivity index (χ1) is 5.68. The van der Waals surface area contributed by atoms with Gasteiger partial charge in [-0.25, -0.2) is 4.98 Å². The largest absolute Gasteiger partial charge is 0.369 e. The number of rotatable bonds is 0. The van der Waals surface area contributed by atoms with Gasteiger partial charge in [-0.05, 0) is 12.1 Å². The van der Waals surface area contributed by atoms with Gasteiger partial charge in [0.05, 0.1) is 15.6 Å². The lowest BCUT2D eigenvalue weighted by atomic mass is 10.3. The second-order valence-corrected chi connectivity index (χ2v) is 3.19. The van der Waals surface area contributed by atoms with Crippen molar-refractivity contribution in [2.45, 2.75) is 0 Å². The molecule has 0 atom stereocenters. The van der Waals surface area contributed by atoms with Crippen LogP contribution in [0.15, 0.2) is 12.1 Å². The van der Waals surface area contributed by atoms with Crippen LogP contribution in [0.25, 0.3) is 11.0 Å². The van der Waals surface area contributed by atoms with E-state index in [0.717, 1.165) is 0 Å². The molecule has 12 heavy (non-hydrogen) atoms. The van der Waals surface area contributed by atoms with Gasteiger partial charge in [-0.15, -0.1) is 0 Å². The Morgan fingerprint density at radius 3 is 2.58 bits per heavy atom. The number of halogens is 2. The van der Waals surface area contributed by atoms with Gasteiger partial charge in [-0.3, -0.25) is 0 Å². The van der Waals surface area contributed by atoms with E-state index in [1.54, 1.807) is 12.1 Å². The lowest BCUT2D eigenvalue weighted by Gasteiger charge is -1.92. The number of aromatic nitrogens is 2. The summed E-state index contributed by atoms with van der Waals surface area (Å²) in [6, 6.07) is 3.39. The van der Waals surface area contributed by atoms with Crippen molar-refractivity contribution >= 4 is 40.2 Å². The zero-order chi connectivity index (χ0) is 8.72. The molecule has 0 aliphatic carbocycles. The Morgan fingerprint density at radius 2 is 1.92 bits per heavy atom. The van der Waals surface area contributed by atoms with Crippen molar-refractivity contribution in [1.29, 1.82) is 0 Å². The Morgan fingerprint density at radius 1 is 1.25 bits per heavy atom. The summed E-state index contributed by atoms with van der Waals surface area (Å²) in [7, 11) is 0. The standard InChI is InChI=1S/C7H5Cl2N3/c8-3-1-2-4(9)6-5(3)11-7(10)12-6/h1-2H,(H3,10,11,12). The number of fused-ring (bicyclic) bond motifs is 1. The molecule has 5 heteroatoms. The van der Waals surface area contributed by atoms with Gasteiger partial charge in [-0.1, -0.05) is 23.2 Å². The van der Waals surface area contributed by atoms with Gasteiger partial charge in [-0.2, -0.15) is 0 Å². The highest BCUT2D eigenvalue weighted by Crippen LogP contribution is 2.27. The second kappa shape index (κ2) is 2.54. The molecule has 0 aliphatic rings. The molecule has 3 N–H and O–H groups in total. The molecule has 2 rings (SSSR count). The Hall–Kier alpha value is -0.930. The molecule has 2 aromatic rings. The third kappa shape index (κ3) is 1.02. The van der Waals surface area contributed by atoms with Crippen molar-refractivity contribution in [3.63, 3.8) is 0 Å². The van der Waals surface area contributed by atoms with E-state index in [1.807, 2.05) is 0 Å². The molecule has 0 bridgehead atoms. The summed E-state index contributed by atoms with van der Waals surface area (Å²) in [5.41, 5.74) is 6.74. The van der Waals surface area contributed by atoms with E-state index < -0.39 is 0 Å². The van der Waals surface area contributed by atoms with Gasteiger partial charge in [0.1, 0.15) is 5.52 Å². The summed E-state index contributed by atoms with van der Waals surface area (Å²) < 4.78 is 0. The lowest BCUT2D eigenvalue weighted by Crippen LogP contribution is -1.84. The number of H-pyrrole nitrogens is 1. The van der Waals surface area contributed by atoms with Crippen LogP contribution >= 0.6 is 23.2 Å². The first kappa shape index (κ1) is 7.71. The van der Waals surface area contributed by atoms with E-state index in [-0.39, 0.29) is 0 Å². The average Bonchev–Trinajstić information content (AvgIpc) is 2.41. The number of hydrogen-bond acceptors (Lipinski definition) is 2. The van der Waals surface area contributed by atoms with E-state index in [2.05, 4.69) is 9.97 Å². The zero-order valence-electron chi connectivity index (χ0n) is 5.94. The van der Waals surface area contributed by atoms with Crippen LogP contribution in [-0.2, 0) is 0 Å². The van der Waals surface area contributed by atoms with Crippen LogP contribution in [0.2, 0.25) is 10.0 Å². The first-order valence-electron chi connectivity index (χ1n) is 3.27. The number of hydrogen-bond donors (Lipinski definition) is 2. The molecular weight excluding hydrogens is 197 g/mol. The molecule has 0 saturated heterocycles.